The Kier molecular flexibility index (Phi) is 7.21. The van der Waals surface area contributed by atoms with Crippen molar-refractivity contribution in [2.75, 3.05) is 20.8 Å². The number of likely N-dealkylation sites (tertiary alicyclic amines) is 1. The number of benzene rings is 1. The third-order valence-corrected chi connectivity index (χ3v) is 6.10. The SMILES string of the molecule is COC(=O)CCC(=O)O[C@@]1(C#Cc2cccc(C)c2)CCC[C@@H]2[C@H]1CCN2C(=O)OC. The number of nitrogens with zero attached hydrogens (tertiary/aromatic N) is 1. The normalized spacial score (nSPS) is 24.4. The Morgan fingerprint density at radius 2 is 1.90 bits per heavy atom. The van der Waals surface area contributed by atoms with E-state index >= 15 is 0 Å². The van der Waals surface area contributed by atoms with Crippen molar-refractivity contribution in [2.24, 2.45) is 5.92 Å². The van der Waals surface area contributed by atoms with Crippen LogP contribution in [0, 0.1) is 24.7 Å². The van der Waals surface area contributed by atoms with Crippen molar-refractivity contribution in [2.45, 2.75) is 57.1 Å². The molecule has 1 aromatic carbocycles. The quantitative estimate of drug-likeness (QED) is 0.417. The molecule has 3 rings (SSSR count). The first-order chi connectivity index (χ1) is 14.9. The van der Waals surface area contributed by atoms with Gasteiger partial charge in [0.1, 0.15) is 0 Å². The molecule has 0 aromatic heterocycles. The summed E-state index contributed by atoms with van der Waals surface area (Å²) in [5.41, 5.74) is 0.924. The molecule has 1 amide bonds. The number of carbonyl (C=O) groups excluding carboxylic acids is 3. The number of ether oxygens (including phenoxy) is 3. The molecule has 166 valence electrons. The minimum absolute atomic E-state index is 0.0426. The van der Waals surface area contributed by atoms with Crippen LogP contribution in [0.2, 0.25) is 0 Å². The van der Waals surface area contributed by atoms with Gasteiger partial charge in [-0.3, -0.25) is 9.59 Å². The highest BCUT2D eigenvalue weighted by Crippen LogP contribution is 2.45. The Hall–Kier alpha value is -3.01. The molecule has 0 bridgehead atoms. The van der Waals surface area contributed by atoms with E-state index in [9.17, 15) is 14.4 Å². The fourth-order valence-corrected chi connectivity index (χ4v) is 4.63. The summed E-state index contributed by atoms with van der Waals surface area (Å²) in [6.45, 7) is 2.53. The molecule has 0 radical (unpaired) electrons. The molecule has 1 aliphatic carbocycles. The van der Waals surface area contributed by atoms with Crippen molar-refractivity contribution in [1.29, 1.82) is 0 Å². The monoisotopic (exact) mass is 427 g/mol. The van der Waals surface area contributed by atoms with Crippen LogP contribution in [0.1, 0.15) is 49.7 Å². The molecule has 2 fully saturated rings. The van der Waals surface area contributed by atoms with Gasteiger partial charge < -0.3 is 19.1 Å². The predicted octanol–water partition coefficient (Wildman–Crippen LogP) is 3.22. The van der Waals surface area contributed by atoms with Gasteiger partial charge in [0.25, 0.3) is 0 Å². The van der Waals surface area contributed by atoms with Crippen LogP contribution >= 0.6 is 0 Å². The molecule has 7 heteroatoms. The van der Waals surface area contributed by atoms with E-state index in [-0.39, 0.29) is 30.9 Å². The van der Waals surface area contributed by atoms with Crippen LogP contribution in [0.15, 0.2) is 24.3 Å². The third-order valence-electron chi connectivity index (χ3n) is 6.10. The molecular formula is C24H29NO6. The Balaban J connectivity index is 1.90. The van der Waals surface area contributed by atoms with Gasteiger partial charge in [0.15, 0.2) is 5.60 Å². The van der Waals surface area contributed by atoms with E-state index in [0.29, 0.717) is 19.4 Å². The maximum Gasteiger partial charge on any atom is 0.409 e. The summed E-state index contributed by atoms with van der Waals surface area (Å²) < 4.78 is 15.6. The molecule has 1 aromatic rings. The van der Waals surface area contributed by atoms with E-state index in [4.69, 9.17) is 9.47 Å². The molecule has 1 heterocycles. The number of hydrogen-bond donors (Lipinski definition) is 0. The number of esters is 2. The van der Waals surface area contributed by atoms with Crippen LogP contribution in [-0.4, -0.2) is 55.3 Å². The van der Waals surface area contributed by atoms with Gasteiger partial charge in [0, 0.05) is 24.1 Å². The van der Waals surface area contributed by atoms with Crippen molar-refractivity contribution < 1.29 is 28.6 Å². The summed E-state index contributed by atoms with van der Waals surface area (Å²) in [5, 5.41) is 0. The molecule has 2 aliphatic rings. The highest BCUT2D eigenvalue weighted by Gasteiger charge is 2.53. The first kappa shape index (κ1) is 22.7. The molecular weight excluding hydrogens is 398 g/mol. The summed E-state index contributed by atoms with van der Waals surface area (Å²) in [7, 11) is 2.66. The molecule has 31 heavy (non-hydrogen) atoms. The largest absolute Gasteiger partial charge is 0.469 e. The van der Waals surface area contributed by atoms with Crippen molar-refractivity contribution in [3.63, 3.8) is 0 Å². The highest BCUT2D eigenvalue weighted by atomic mass is 16.6. The standard InChI is InChI=1S/C24H29NO6/c1-17-6-4-7-18(16-17)11-14-24(31-22(27)10-9-21(26)29-2)13-5-8-20-19(24)12-15-25(20)23(28)30-3/h4,6-7,16,19-20H,5,8-10,12-13,15H2,1-3H3/t19-,20-,24-/m1/s1. The average molecular weight is 427 g/mol. The van der Waals surface area contributed by atoms with Crippen LogP contribution in [0.4, 0.5) is 4.79 Å². The zero-order valence-corrected chi connectivity index (χ0v) is 18.3. The molecule has 1 saturated heterocycles. The molecule has 1 aliphatic heterocycles. The number of fused-ring (bicyclic) bond motifs is 1. The van der Waals surface area contributed by atoms with Gasteiger partial charge in [0.2, 0.25) is 0 Å². The maximum absolute atomic E-state index is 12.7. The Labute approximate surface area is 183 Å². The van der Waals surface area contributed by atoms with Crippen LogP contribution in [0.25, 0.3) is 0 Å². The van der Waals surface area contributed by atoms with Crippen molar-refractivity contribution in [3.8, 4) is 11.8 Å². The smallest absolute Gasteiger partial charge is 0.409 e. The van der Waals surface area contributed by atoms with Gasteiger partial charge in [-0.05, 0) is 56.2 Å². The number of hydrogen-bond acceptors (Lipinski definition) is 6. The first-order valence-corrected chi connectivity index (χ1v) is 10.6. The lowest BCUT2D eigenvalue weighted by Crippen LogP contribution is -2.51. The lowest BCUT2D eigenvalue weighted by Gasteiger charge is -2.42. The van der Waals surface area contributed by atoms with E-state index in [2.05, 4.69) is 16.6 Å². The Morgan fingerprint density at radius 1 is 1.13 bits per heavy atom. The van der Waals surface area contributed by atoms with E-state index in [0.717, 1.165) is 24.0 Å². The predicted molar refractivity (Wildman–Crippen MR) is 113 cm³/mol. The summed E-state index contributed by atoms with van der Waals surface area (Å²) in [6.07, 6.45) is 2.36. The third kappa shape index (κ3) is 5.19. The minimum Gasteiger partial charge on any atom is -0.469 e. The van der Waals surface area contributed by atoms with Gasteiger partial charge in [-0.15, -0.1) is 0 Å². The number of methoxy groups -OCH3 is 2. The fourth-order valence-electron chi connectivity index (χ4n) is 4.63. The molecule has 3 atom stereocenters. The number of carbonyl (C=O) groups is 3. The molecule has 0 spiro atoms. The van der Waals surface area contributed by atoms with Crippen LogP contribution in [-0.2, 0) is 23.8 Å². The second-order valence-electron chi connectivity index (χ2n) is 8.08. The van der Waals surface area contributed by atoms with E-state index in [1.807, 2.05) is 31.2 Å². The van der Waals surface area contributed by atoms with E-state index in [1.54, 1.807) is 4.90 Å². The maximum atomic E-state index is 12.7. The zero-order valence-electron chi connectivity index (χ0n) is 18.3. The molecule has 0 N–H and O–H groups in total. The lowest BCUT2D eigenvalue weighted by molar-refractivity contribution is -0.164. The van der Waals surface area contributed by atoms with Crippen LogP contribution in [0.5, 0.6) is 0 Å². The Bertz CT molecular complexity index is 901. The molecule has 7 nitrogen and oxygen atoms in total. The number of amides is 1. The summed E-state index contributed by atoms with van der Waals surface area (Å²) in [4.78, 5) is 38.1. The fraction of sp³-hybridized carbons (Fsp3) is 0.542. The van der Waals surface area contributed by atoms with Crippen LogP contribution in [0.3, 0.4) is 0 Å². The molecule has 0 unspecified atom stereocenters. The number of aryl methyl sites for hydroxylation is 1. The highest BCUT2D eigenvalue weighted by molar-refractivity contribution is 5.78. The van der Waals surface area contributed by atoms with Crippen LogP contribution < -0.4 is 0 Å². The van der Waals surface area contributed by atoms with Crippen molar-refractivity contribution >= 4 is 18.0 Å². The average Bonchev–Trinajstić information content (AvgIpc) is 3.21. The summed E-state index contributed by atoms with van der Waals surface area (Å²) in [6, 6.07) is 7.74. The van der Waals surface area contributed by atoms with Gasteiger partial charge in [-0.25, -0.2) is 4.79 Å². The summed E-state index contributed by atoms with van der Waals surface area (Å²) >= 11 is 0. The lowest BCUT2D eigenvalue weighted by atomic mass is 9.72. The van der Waals surface area contributed by atoms with Gasteiger partial charge in [0.05, 0.1) is 27.1 Å². The van der Waals surface area contributed by atoms with Gasteiger partial charge in [-0.2, -0.15) is 0 Å². The first-order valence-electron chi connectivity index (χ1n) is 10.6. The zero-order chi connectivity index (χ0) is 22.4. The van der Waals surface area contributed by atoms with E-state index < -0.39 is 17.5 Å². The second-order valence-corrected chi connectivity index (χ2v) is 8.08. The molecule has 1 saturated carbocycles. The second kappa shape index (κ2) is 9.86. The van der Waals surface area contributed by atoms with Crippen molar-refractivity contribution in [1.82, 2.24) is 4.90 Å². The van der Waals surface area contributed by atoms with E-state index in [1.165, 1.54) is 14.2 Å². The topological polar surface area (TPSA) is 82.1 Å². The van der Waals surface area contributed by atoms with Gasteiger partial charge in [-0.1, -0.05) is 18.1 Å². The van der Waals surface area contributed by atoms with Crippen molar-refractivity contribution in [3.05, 3.63) is 35.4 Å². The Morgan fingerprint density at radius 3 is 2.61 bits per heavy atom. The summed E-state index contributed by atoms with van der Waals surface area (Å²) in [5.74, 6) is 5.41. The minimum atomic E-state index is -1.01. The number of rotatable bonds is 4. The van der Waals surface area contributed by atoms with Gasteiger partial charge >= 0.3 is 18.0 Å².